The molecule has 0 N–H and O–H groups in total. The van der Waals surface area contributed by atoms with Crippen LogP contribution in [0.2, 0.25) is 18.1 Å². The Bertz CT molecular complexity index is 1500. The van der Waals surface area contributed by atoms with Crippen LogP contribution < -0.4 is 4.74 Å². The maximum absolute atomic E-state index is 7.03. The van der Waals surface area contributed by atoms with Gasteiger partial charge in [-0.05, 0) is 59.1 Å². The van der Waals surface area contributed by atoms with Crippen molar-refractivity contribution in [2.75, 3.05) is 13.7 Å². The van der Waals surface area contributed by atoms with Crippen LogP contribution >= 0.6 is 11.8 Å². The van der Waals surface area contributed by atoms with Crippen molar-refractivity contribution < 1.29 is 28.1 Å². The van der Waals surface area contributed by atoms with E-state index < -0.39 is 32.7 Å². The minimum atomic E-state index is -2.11. The van der Waals surface area contributed by atoms with Gasteiger partial charge < -0.3 is 28.1 Å². The lowest BCUT2D eigenvalue weighted by molar-refractivity contribution is -0.251. The molecule has 48 heavy (non-hydrogen) atoms. The fourth-order valence-electron chi connectivity index (χ4n) is 5.26. The van der Waals surface area contributed by atoms with Crippen molar-refractivity contribution >= 4 is 20.1 Å². The Morgan fingerprint density at radius 2 is 1.10 bits per heavy atom. The number of rotatable bonds is 15. The fraction of sp³-hybridized carbons (Fsp3) is 0.400. The Morgan fingerprint density at radius 1 is 0.625 bits per heavy atom. The molecular formula is C40H50O6SSi. The number of hydrogen-bond acceptors (Lipinski definition) is 7. The Kier molecular flexibility index (Phi) is 13.0. The largest absolute Gasteiger partial charge is 0.497 e. The number of thioether (sulfide) groups is 1. The predicted molar refractivity (Wildman–Crippen MR) is 196 cm³/mol. The Balaban J connectivity index is 1.50. The molecule has 5 atom stereocenters. The van der Waals surface area contributed by atoms with Gasteiger partial charge in [0.2, 0.25) is 0 Å². The van der Waals surface area contributed by atoms with E-state index in [2.05, 4.69) is 70.3 Å². The molecule has 256 valence electrons. The first kappa shape index (κ1) is 36.3. The first-order chi connectivity index (χ1) is 23.1. The molecule has 0 aromatic heterocycles. The van der Waals surface area contributed by atoms with E-state index in [0.717, 1.165) is 27.3 Å². The molecule has 0 spiro atoms. The molecule has 0 radical (unpaired) electrons. The molecule has 1 fully saturated rings. The highest BCUT2D eigenvalue weighted by Crippen LogP contribution is 2.40. The molecule has 6 nitrogen and oxygen atoms in total. The Labute approximate surface area is 292 Å². The predicted octanol–water partition coefficient (Wildman–Crippen LogP) is 9.29. The zero-order valence-electron chi connectivity index (χ0n) is 29.0. The van der Waals surface area contributed by atoms with Crippen LogP contribution in [0, 0.1) is 0 Å². The van der Waals surface area contributed by atoms with Crippen LogP contribution in [0.1, 0.15) is 37.5 Å². The number of ether oxygens (including phenoxy) is 5. The number of benzene rings is 4. The minimum absolute atomic E-state index is 0.0455. The molecule has 4 aromatic carbocycles. The highest BCUT2D eigenvalue weighted by atomic mass is 32.2. The fourth-order valence-corrected chi connectivity index (χ4v) is 7.42. The molecule has 5 rings (SSSR count). The minimum Gasteiger partial charge on any atom is -0.497 e. The Hall–Kier alpha value is -2.95. The van der Waals surface area contributed by atoms with E-state index in [0.29, 0.717) is 26.4 Å². The van der Waals surface area contributed by atoms with Crippen molar-refractivity contribution in [2.24, 2.45) is 0 Å². The average molecular weight is 687 g/mol. The summed E-state index contributed by atoms with van der Waals surface area (Å²) in [5.41, 5.74) is 2.83. The van der Waals surface area contributed by atoms with Crippen LogP contribution in [0.25, 0.3) is 0 Å². The normalized spacial score (nSPS) is 21.6. The van der Waals surface area contributed by atoms with Gasteiger partial charge in [0.25, 0.3) is 0 Å². The molecule has 0 amide bonds. The lowest BCUT2D eigenvalue weighted by Gasteiger charge is -2.47. The van der Waals surface area contributed by atoms with Gasteiger partial charge >= 0.3 is 0 Å². The van der Waals surface area contributed by atoms with Gasteiger partial charge in [-0.25, -0.2) is 0 Å². The van der Waals surface area contributed by atoms with Crippen molar-refractivity contribution in [3.8, 4) is 5.75 Å². The third-order valence-corrected chi connectivity index (χ3v) is 14.8. The smallest absolute Gasteiger partial charge is 0.192 e. The SMILES string of the molecule is COc1ccc(CO[C@H]2[C@H](OCc3ccccc3)[C@H](OCc3ccccc3)[C@@H](Sc3ccccc3)O[C@@H]2CO[Si](C)(C)C(C)(C)C)cc1. The van der Waals surface area contributed by atoms with Gasteiger partial charge in [0.15, 0.2) is 8.32 Å². The third-order valence-electron chi connectivity index (χ3n) is 9.17. The number of methoxy groups -OCH3 is 1. The van der Waals surface area contributed by atoms with Crippen LogP contribution in [0.4, 0.5) is 0 Å². The topological polar surface area (TPSA) is 55.4 Å². The van der Waals surface area contributed by atoms with E-state index in [9.17, 15) is 0 Å². The van der Waals surface area contributed by atoms with Crippen molar-refractivity contribution in [3.63, 3.8) is 0 Å². The highest BCUT2D eigenvalue weighted by Gasteiger charge is 2.50. The molecule has 8 heteroatoms. The van der Waals surface area contributed by atoms with Crippen molar-refractivity contribution in [1.29, 1.82) is 0 Å². The summed E-state index contributed by atoms with van der Waals surface area (Å²) in [4.78, 5) is 1.10. The third kappa shape index (κ3) is 10.0. The van der Waals surface area contributed by atoms with E-state index in [1.807, 2.05) is 78.9 Å². The van der Waals surface area contributed by atoms with E-state index >= 15 is 0 Å². The monoisotopic (exact) mass is 686 g/mol. The molecular weight excluding hydrogens is 637 g/mol. The summed E-state index contributed by atoms with van der Waals surface area (Å²) >= 11 is 1.66. The summed E-state index contributed by atoms with van der Waals surface area (Å²) in [6.07, 6.45) is -1.75. The van der Waals surface area contributed by atoms with E-state index in [1.54, 1.807) is 18.9 Å². The maximum Gasteiger partial charge on any atom is 0.192 e. The number of hydrogen-bond donors (Lipinski definition) is 0. The summed E-state index contributed by atoms with van der Waals surface area (Å²) in [5, 5.41) is 0.0455. The second kappa shape index (κ2) is 17.1. The van der Waals surface area contributed by atoms with Crippen molar-refractivity contribution in [3.05, 3.63) is 132 Å². The zero-order valence-corrected chi connectivity index (χ0v) is 30.9. The molecule has 1 heterocycles. The molecule has 0 saturated carbocycles. The molecule has 4 aromatic rings. The van der Waals surface area contributed by atoms with Gasteiger partial charge in [-0.3, -0.25) is 0 Å². The zero-order chi connectivity index (χ0) is 34.0. The molecule has 0 bridgehead atoms. The highest BCUT2D eigenvalue weighted by molar-refractivity contribution is 7.99. The van der Waals surface area contributed by atoms with Crippen LogP contribution in [-0.4, -0.2) is 51.9 Å². The second-order valence-electron chi connectivity index (χ2n) is 13.7. The second-order valence-corrected chi connectivity index (χ2v) is 19.7. The van der Waals surface area contributed by atoms with Gasteiger partial charge in [0.1, 0.15) is 35.6 Å². The average Bonchev–Trinajstić information content (AvgIpc) is 3.10. The van der Waals surface area contributed by atoms with Gasteiger partial charge in [-0.1, -0.05) is 124 Å². The maximum atomic E-state index is 7.03. The Morgan fingerprint density at radius 3 is 1.62 bits per heavy atom. The van der Waals surface area contributed by atoms with Crippen molar-refractivity contribution in [1.82, 2.24) is 0 Å². The molecule has 1 aliphatic heterocycles. The standard InChI is InChI=1S/C40H50O6SSi/c1-40(2,3)48(5,6)45-29-35-36(42-28-32-22-24-33(41-4)25-23-32)37(43-26-30-16-10-7-11-17-30)38(44-27-31-18-12-8-13-19-31)39(46-35)47-34-20-14-9-15-21-34/h7-25,35-39H,26-29H2,1-6H3/t35-,36-,37+,38+,39-/m1/s1. The molecule has 0 unspecified atom stereocenters. The van der Waals surface area contributed by atoms with Gasteiger partial charge in [-0.15, -0.1) is 0 Å². The molecule has 0 aliphatic carbocycles. The quantitative estimate of drug-likeness (QED) is 0.116. The summed E-state index contributed by atoms with van der Waals surface area (Å²) < 4.78 is 39.8. The first-order valence-corrected chi connectivity index (χ1v) is 20.5. The van der Waals surface area contributed by atoms with Crippen molar-refractivity contribution in [2.45, 2.75) is 93.5 Å². The van der Waals surface area contributed by atoms with Crippen LogP contribution in [0.3, 0.4) is 0 Å². The first-order valence-electron chi connectivity index (χ1n) is 16.7. The van der Waals surface area contributed by atoms with Crippen LogP contribution in [0.15, 0.2) is 120 Å². The van der Waals surface area contributed by atoms with Gasteiger partial charge in [0, 0.05) is 4.90 Å². The van der Waals surface area contributed by atoms with Gasteiger partial charge in [-0.2, -0.15) is 0 Å². The van der Waals surface area contributed by atoms with E-state index in [4.69, 9.17) is 28.1 Å². The van der Waals surface area contributed by atoms with Crippen LogP contribution in [-0.2, 0) is 43.2 Å². The summed E-state index contributed by atoms with van der Waals surface area (Å²) in [5.74, 6) is 0.805. The summed E-state index contributed by atoms with van der Waals surface area (Å²) in [6.45, 7) is 12.9. The van der Waals surface area contributed by atoms with E-state index in [-0.39, 0.29) is 10.5 Å². The van der Waals surface area contributed by atoms with Crippen LogP contribution in [0.5, 0.6) is 5.75 Å². The summed E-state index contributed by atoms with van der Waals surface area (Å²) in [7, 11) is -0.437. The van der Waals surface area contributed by atoms with E-state index in [1.165, 1.54) is 0 Å². The van der Waals surface area contributed by atoms with Gasteiger partial charge in [0.05, 0.1) is 33.5 Å². The molecule has 1 saturated heterocycles. The summed E-state index contributed by atoms with van der Waals surface area (Å²) in [6, 6.07) is 38.8. The molecule has 1 aliphatic rings. The lowest BCUT2D eigenvalue weighted by atomic mass is 9.99. The lowest BCUT2D eigenvalue weighted by Crippen LogP contribution is -2.61.